The van der Waals surface area contributed by atoms with E-state index < -0.39 is 17.9 Å². The molecule has 1 aliphatic rings. The van der Waals surface area contributed by atoms with Crippen molar-refractivity contribution in [3.8, 4) is 5.75 Å². The van der Waals surface area contributed by atoms with Crippen LogP contribution in [-0.4, -0.2) is 47.0 Å². The summed E-state index contributed by atoms with van der Waals surface area (Å²) in [4.78, 5) is 38.3. The molecule has 0 aromatic heterocycles. The first-order chi connectivity index (χ1) is 12.3. The summed E-state index contributed by atoms with van der Waals surface area (Å²) in [7, 11) is 0. The molecule has 1 fully saturated rings. The zero-order valence-electron chi connectivity index (χ0n) is 15.5. The molecule has 1 aliphatic heterocycles. The zero-order chi connectivity index (χ0) is 19.3. The van der Waals surface area contributed by atoms with Gasteiger partial charge in [0, 0.05) is 12.6 Å². The molecule has 4 amide bonds. The van der Waals surface area contributed by atoms with Crippen LogP contribution in [0.5, 0.6) is 5.75 Å². The van der Waals surface area contributed by atoms with Crippen molar-refractivity contribution in [1.82, 2.24) is 15.5 Å². The molecule has 142 valence electrons. The van der Waals surface area contributed by atoms with Crippen LogP contribution in [0, 0.1) is 12.8 Å². The fourth-order valence-corrected chi connectivity index (χ4v) is 3.04. The van der Waals surface area contributed by atoms with Gasteiger partial charge in [0.05, 0.1) is 5.92 Å². The molecule has 2 rings (SSSR count). The van der Waals surface area contributed by atoms with E-state index in [1.165, 1.54) is 0 Å². The maximum absolute atomic E-state index is 12.9. The Morgan fingerprint density at radius 2 is 2.04 bits per heavy atom. The molecular weight excluding hydrogens is 334 g/mol. The van der Waals surface area contributed by atoms with Gasteiger partial charge in [0.1, 0.15) is 12.3 Å². The van der Waals surface area contributed by atoms with Crippen LogP contribution in [0.2, 0.25) is 0 Å². The predicted molar refractivity (Wildman–Crippen MR) is 97.7 cm³/mol. The van der Waals surface area contributed by atoms with Crippen molar-refractivity contribution in [3.63, 3.8) is 0 Å². The number of nitrogens with zero attached hydrogens (tertiary/aromatic N) is 1. The lowest BCUT2D eigenvalue weighted by atomic mass is 9.96. The number of hydrogen-bond donors (Lipinski definition) is 3. The smallest absolute Gasteiger partial charge is 0.324 e. The van der Waals surface area contributed by atoms with E-state index >= 15 is 0 Å². The lowest BCUT2D eigenvalue weighted by Crippen LogP contribution is -2.50. The first-order valence-electron chi connectivity index (χ1n) is 9.02. The van der Waals surface area contributed by atoms with Crippen LogP contribution < -0.4 is 10.6 Å². The molecule has 1 aromatic rings. The van der Waals surface area contributed by atoms with E-state index in [2.05, 4.69) is 10.6 Å². The highest BCUT2D eigenvalue weighted by Crippen LogP contribution is 2.23. The summed E-state index contributed by atoms with van der Waals surface area (Å²) >= 11 is 0. The average molecular weight is 361 g/mol. The van der Waals surface area contributed by atoms with Crippen LogP contribution >= 0.6 is 0 Å². The number of hydrogen-bond acceptors (Lipinski definition) is 4. The fourth-order valence-electron chi connectivity index (χ4n) is 3.04. The van der Waals surface area contributed by atoms with Gasteiger partial charge in [-0.05, 0) is 37.8 Å². The van der Waals surface area contributed by atoms with Gasteiger partial charge in [0.2, 0.25) is 11.8 Å². The molecule has 1 saturated heterocycles. The molecule has 7 heteroatoms. The summed E-state index contributed by atoms with van der Waals surface area (Å²) in [6, 6.07) is 4.59. The summed E-state index contributed by atoms with van der Waals surface area (Å²) in [5, 5.41) is 15.5. The van der Waals surface area contributed by atoms with E-state index in [9.17, 15) is 19.5 Å². The number of benzene rings is 1. The first kappa shape index (κ1) is 19.8. The molecule has 1 heterocycles. The van der Waals surface area contributed by atoms with Gasteiger partial charge in [-0.2, -0.15) is 0 Å². The van der Waals surface area contributed by atoms with Gasteiger partial charge in [-0.1, -0.05) is 31.5 Å². The highest BCUT2D eigenvalue weighted by Gasteiger charge is 2.34. The minimum Gasteiger partial charge on any atom is -0.508 e. The van der Waals surface area contributed by atoms with Crippen molar-refractivity contribution < 1.29 is 19.5 Å². The second-order valence-corrected chi connectivity index (χ2v) is 6.72. The Bertz CT molecular complexity index is 685. The standard InChI is InChI=1S/C19H27N3O4/c1-4-15(5-2)21-19(26)22-11-17(24)20-10-14(18(22)25)9-13-8-12(3)6-7-16(13)23/h6-8,14-15,23H,4-5,9-11H2,1-3H3,(H,20,24)(H,21,26). The van der Waals surface area contributed by atoms with Gasteiger partial charge in [0.25, 0.3) is 0 Å². The molecule has 7 nitrogen and oxygen atoms in total. The largest absolute Gasteiger partial charge is 0.508 e. The van der Waals surface area contributed by atoms with Crippen molar-refractivity contribution in [1.29, 1.82) is 0 Å². The van der Waals surface area contributed by atoms with Crippen molar-refractivity contribution in [2.24, 2.45) is 5.92 Å². The number of imide groups is 1. The highest BCUT2D eigenvalue weighted by atomic mass is 16.3. The highest BCUT2D eigenvalue weighted by molar-refractivity contribution is 6.00. The number of nitrogens with one attached hydrogen (secondary N) is 2. The molecule has 0 aliphatic carbocycles. The van der Waals surface area contributed by atoms with E-state index in [-0.39, 0.29) is 37.2 Å². The number of aromatic hydroxyl groups is 1. The predicted octanol–water partition coefficient (Wildman–Crippen LogP) is 1.72. The van der Waals surface area contributed by atoms with Gasteiger partial charge in [-0.25, -0.2) is 4.79 Å². The van der Waals surface area contributed by atoms with Crippen LogP contribution in [0.4, 0.5) is 4.79 Å². The number of carbonyl (C=O) groups excluding carboxylic acids is 3. The SMILES string of the molecule is CCC(CC)NC(=O)N1CC(=O)NCC(Cc2cc(C)ccc2O)C1=O. The van der Waals surface area contributed by atoms with Gasteiger partial charge in [-0.15, -0.1) is 0 Å². The van der Waals surface area contributed by atoms with E-state index in [4.69, 9.17) is 0 Å². The van der Waals surface area contributed by atoms with Crippen molar-refractivity contribution >= 4 is 17.8 Å². The van der Waals surface area contributed by atoms with E-state index in [1.54, 1.807) is 12.1 Å². The minimum atomic E-state index is -0.610. The number of amides is 4. The normalized spacial score (nSPS) is 17.8. The average Bonchev–Trinajstić information content (AvgIpc) is 2.76. The van der Waals surface area contributed by atoms with E-state index in [0.29, 0.717) is 5.56 Å². The van der Waals surface area contributed by atoms with Gasteiger partial charge in [0.15, 0.2) is 0 Å². The molecule has 0 spiro atoms. The molecule has 0 bridgehead atoms. The summed E-state index contributed by atoms with van der Waals surface area (Å²) in [5.74, 6) is -1.28. The molecule has 1 aromatic carbocycles. The summed E-state index contributed by atoms with van der Waals surface area (Å²) in [6.07, 6.45) is 1.75. The Balaban J connectivity index is 2.19. The summed E-state index contributed by atoms with van der Waals surface area (Å²) in [5.41, 5.74) is 1.59. The maximum Gasteiger partial charge on any atom is 0.324 e. The Kier molecular flexibility index (Phi) is 6.60. The topological polar surface area (TPSA) is 98.7 Å². The Morgan fingerprint density at radius 1 is 1.35 bits per heavy atom. The van der Waals surface area contributed by atoms with E-state index in [0.717, 1.165) is 23.3 Å². The maximum atomic E-state index is 12.9. The Hall–Kier alpha value is -2.57. The van der Waals surface area contributed by atoms with Crippen LogP contribution in [0.3, 0.4) is 0 Å². The van der Waals surface area contributed by atoms with Gasteiger partial charge < -0.3 is 15.7 Å². The van der Waals surface area contributed by atoms with E-state index in [1.807, 2.05) is 26.8 Å². The number of phenolic OH excluding ortho intramolecular Hbond substituents is 1. The molecular formula is C19H27N3O4. The quantitative estimate of drug-likeness (QED) is 0.743. The number of rotatable bonds is 5. The Morgan fingerprint density at radius 3 is 2.69 bits per heavy atom. The summed E-state index contributed by atoms with van der Waals surface area (Å²) < 4.78 is 0. The second-order valence-electron chi connectivity index (χ2n) is 6.72. The number of carbonyl (C=O) groups is 3. The van der Waals surface area contributed by atoms with Gasteiger partial charge in [-0.3, -0.25) is 14.5 Å². The molecule has 1 atom stereocenters. The third-order valence-electron chi connectivity index (χ3n) is 4.72. The van der Waals surface area contributed by atoms with Crippen LogP contribution in [0.15, 0.2) is 18.2 Å². The lowest BCUT2D eigenvalue weighted by Gasteiger charge is -2.24. The third-order valence-corrected chi connectivity index (χ3v) is 4.72. The van der Waals surface area contributed by atoms with Crippen LogP contribution in [0.1, 0.15) is 37.8 Å². The molecule has 1 unspecified atom stereocenters. The van der Waals surface area contributed by atoms with Gasteiger partial charge >= 0.3 is 6.03 Å². The molecule has 26 heavy (non-hydrogen) atoms. The van der Waals surface area contributed by atoms with Crippen LogP contribution in [0.25, 0.3) is 0 Å². The van der Waals surface area contributed by atoms with Crippen LogP contribution in [-0.2, 0) is 16.0 Å². The number of aryl methyl sites for hydroxylation is 1. The minimum absolute atomic E-state index is 0.0409. The zero-order valence-corrected chi connectivity index (χ0v) is 15.5. The molecule has 0 saturated carbocycles. The van der Waals surface area contributed by atoms with Crippen molar-refractivity contribution in [2.75, 3.05) is 13.1 Å². The molecule has 3 N–H and O–H groups in total. The fraction of sp³-hybridized carbons (Fsp3) is 0.526. The number of urea groups is 1. The van der Waals surface area contributed by atoms with Crippen molar-refractivity contribution in [3.05, 3.63) is 29.3 Å². The second kappa shape index (κ2) is 8.69. The monoisotopic (exact) mass is 361 g/mol. The molecule has 0 radical (unpaired) electrons. The Labute approximate surface area is 153 Å². The summed E-state index contributed by atoms with van der Waals surface area (Å²) in [6.45, 7) is 5.65. The first-order valence-corrected chi connectivity index (χ1v) is 9.02. The third kappa shape index (κ3) is 4.74. The van der Waals surface area contributed by atoms with Crippen molar-refractivity contribution in [2.45, 2.75) is 46.1 Å². The lowest BCUT2D eigenvalue weighted by molar-refractivity contribution is -0.133. The number of phenols is 1.